The van der Waals surface area contributed by atoms with Crippen molar-refractivity contribution >= 4 is 16.9 Å². The number of nitrogens with two attached hydrogens (primary N) is 1. The summed E-state index contributed by atoms with van der Waals surface area (Å²) in [5.74, 6) is 2.48. The van der Waals surface area contributed by atoms with E-state index in [9.17, 15) is 0 Å². The summed E-state index contributed by atoms with van der Waals surface area (Å²) in [4.78, 5) is 8.44. The number of benzene rings is 2. The van der Waals surface area contributed by atoms with Crippen molar-refractivity contribution in [1.82, 2.24) is 15.1 Å². The summed E-state index contributed by atoms with van der Waals surface area (Å²) in [5.41, 5.74) is 13.3. The molecule has 0 unspecified atom stereocenters. The van der Waals surface area contributed by atoms with Crippen LogP contribution in [0.4, 0.5) is 0 Å². The minimum atomic E-state index is 0.0666. The highest BCUT2D eigenvalue weighted by molar-refractivity contribution is 5.98. The molecule has 1 saturated carbocycles. The summed E-state index contributed by atoms with van der Waals surface area (Å²) in [6, 6.07) is 12.0. The maximum atomic E-state index is 7.62. The summed E-state index contributed by atoms with van der Waals surface area (Å²) in [6.45, 7) is 3.89. The first-order valence-corrected chi connectivity index (χ1v) is 9.43. The van der Waals surface area contributed by atoms with E-state index in [1.54, 1.807) is 0 Å². The molecule has 0 bridgehead atoms. The van der Waals surface area contributed by atoms with Gasteiger partial charge in [0.05, 0.1) is 16.7 Å². The van der Waals surface area contributed by atoms with Crippen LogP contribution in [0.2, 0.25) is 0 Å². The van der Waals surface area contributed by atoms with Gasteiger partial charge >= 0.3 is 0 Å². The van der Waals surface area contributed by atoms with Crippen molar-refractivity contribution < 1.29 is 4.52 Å². The van der Waals surface area contributed by atoms with Crippen LogP contribution in [0.1, 0.15) is 41.6 Å². The molecule has 0 saturated heterocycles. The van der Waals surface area contributed by atoms with Gasteiger partial charge in [0.2, 0.25) is 0 Å². The molecule has 2 heterocycles. The second-order valence-electron chi connectivity index (χ2n) is 7.51. The van der Waals surface area contributed by atoms with Crippen molar-refractivity contribution in [2.45, 2.75) is 32.6 Å². The Kier molecular flexibility index (Phi) is 3.62. The third kappa shape index (κ3) is 2.69. The Balaban J connectivity index is 1.74. The summed E-state index contributed by atoms with van der Waals surface area (Å²) >= 11 is 0. The van der Waals surface area contributed by atoms with Crippen molar-refractivity contribution in [3.8, 4) is 22.3 Å². The molecule has 0 aliphatic heterocycles. The van der Waals surface area contributed by atoms with Gasteiger partial charge in [0.1, 0.15) is 17.4 Å². The van der Waals surface area contributed by atoms with Gasteiger partial charge in [-0.25, -0.2) is 4.98 Å². The van der Waals surface area contributed by atoms with Crippen molar-refractivity contribution in [3.05, 3.63) is 59.2 Å². The fraction of sp³-hybridized carbons (Fsp3) is 0.227. The van der Waals surface area contributed by atoms with Crippen LogP contribution in [0.3, 0.4) is 0 Å². The molecular weight excluding hydrogens is 350 g/mol. The number of fused-ring (bicyclic) bond motifs is 1. The molecule has 0 spiro atoms. The van der Waals surface area contributed by atoms with Gasteiger partial charge in [0.25, 0.3) is 0 Å². The number of aromatic amines is 1. The van der Waals surface area contributed by atoms with Crippen LogP contribution >= 0.6 is 0 Å². The molecule has 1 aliphatic carbocycles. The summed E-state index contributed by atoms with van der Waals surface area (Å²) in [7, 11) is 0. The quantitative estimate of drug-likeness (QED) is 0.358. The number of hydrogen-bond donors (Lipinski definition) is 3. The van der Waals surface area contributed by atoms with Gasteiger partial charge in [-0.15, -0.1) is 0 Å². The fourth-order valence-electron chi connectivity index (χ4n) is 3.78. The molecule has 2 aromatic carbocycles. The Morgan fingerprint density at radius 1 is 1.14 bits per heavy atom. The van der Waals surface area contributed by atoms with Gasteiger partial charge in [-0.05, 0) is 49.9 Å². The van der Waals surface area contributed by atoms with Crippen LogP contribution in [0.25, 0.3) is 33.3 Å². The molecule has 1 fully saturated rings. The highest BCUT2D eigenvalue weighted by Crippen LogP contribution is 2.41. The van der Waals surface area contributed by atoms with Gasteiger partial charge < -0.3 is 15.2 Å². The lowest BCUT2D eigenvalue weighted by atomic mass is 9.96. The number of imidazole rings is 1. The average molecular weight is 371 g/mol. The van der Waals surface area contributed by atoms with E-state index in [1.165, 1.54) is 12.8 Å². The monoisotopic (exact) mass is 371 g/mol. The second-order valence-corrected chi connectivity index (χ2v) is 7.51. The first-order chi connectivity index (χ1) is 13.5. The maximum absolute atomic E-state index is 7.62. The number of hydrogen-bond acceptors (Lipinski definition) is 4. The van der Waals surface area contributed by atoms with Crippen LogP contribution in [-0.2, 0) is 0 Å². The predicted molar refractivity (Wildman–Crippen MR) is 109 cm³/mol. The number of rotatable bonds is 4. The number of H-pyrrole nitrogens is 1. The first-order valence-electron chi connectivity index (χ1n) is 9.43. The topological polar surface area (TPSA) is 105 Å². The Hall–Kier alpha value is -3.41. The SMILES string of the molecule is Cc1noc(C)c1-c1cc(-c2ccc(C(=N)N)cc2)c2nc(C3CC3)[nH]c2c1. The molecule has 4 aromatic rings. The van der Waals surface area contributed by atoms with E-state index in [1.807, 2.05) is 38.1 Å². The first kappa shape index (κ1) is 16.7. The summed E-state index contributed by atoms with van der Waals surface area (Å²) < 4.78 is 5.39. The smallest absolute Gasteiger partial charge is 0.141 e. The zero-order valence-corrected chi connectivity index (χ0v) is 15.8. The van der Waals surface area contributed by atoms with Gasteiger partial charge in [0.15, 0.2) is 0 Å². The van der Waals surface area contributed by atoms with Crippen molar-refractivity contribution in [3.63, 3.8) is 0 Å². The van der Waals surface area contributed by atoms with E-state index >= 15 is 0 Å². The van der Waals surface area contributed by atoms with Crippen molar-refractivity contribution in [2.75, 3.05) is 0 Å². The molecule has 28 heavy (non-hydrogen) atoms. The van der Waals surface area contributed by atoms with E-state index in [2.05, 4.69) is 22.3 Å². The molecule has 0 atom stereocenters. The van der Waals surface area contributed by atoms with Gasteiger partial charge in [-0.1, -0.05) is 29.4 Å². The third-order valence-electron chi connectivity index (χ3n) is 5.40. The Morgan fingerprint density at radius 2 is 1.89 bits per heavy atom. The Labute approximate surface area is 162 Å². The molecule has 6 heteroatoms. The van der Waals surface area contributed by atoms with Crippen molar-refractivity contribution in [1.29, 1.82) is 5.41 Å². The van der Waals surface area contributed by atoms with Crippen LogP contribution in [0, 0.1) is 19.3 Å². The van der Waals surface area contributed by atoms with Crippen LogP contribution in [0.5, 0.6) is 0 Å². The minimum Gasteiger partial charge on any atom is -0.384 e. The van der Waals surface area contributed by atoms with Gasteiger partial charge in [-0.2, -0.15) is 0 Å². The summed E-state index contributed by atoms with van der Waals surface area (Å²) in [5, 5.41) is 11.7. The zero-order valence-electron chi connectivity index (χ0n) is 15.8. The third-order valence-corrected chi connectivity index (χ3v) is 5.40. The molecule has 6 nitrogen and oxygen atoms in total. The number of aryl methyl sites for hydroxylation is 2. The molecule has 0 amide bonds. The Morgan fingerprint density at radius 3 is 2.50 bits per heavy atom. The van der Waals surface area contributed by atoms with Crippen LogP contribution in [-0.4, -0.2) is 21.0 Å². The largest absolute Gasteiger partial charge is 0.384 e. The van der Waals surface area contributed by atoms with E-state index < -0.39 is 0 Å². The predicted octanol–water partition coefficient (Wildman–Crippen LogP) is 4.66. The zero-order chi connectivity index (χ0) is 19.4. The van der Waals surface area contributed by atoms with Gasteiger partial charge in [0, 0.05) is 22.6 Å². The number of nitrogens with zero attached hydrogens (tertiary/aromatic N) is 2. The summed E-state index contributed by atoms with van der Waals surface area (Å²) in [6.07, 6.45) is 2.39. The maximum Gasteiger partial charge on any atom is 0.141 e. The van der Waals surface area contributed by atoms with Crippen LogP contribution in [0.15, 0.2) is 40.9 Å². The number of aromatic nitrogens is 3. The lowest BCUT2D eigenvalue weighted by Gasteiger charge is -2.08. The number of nitrogen functional groups attached to an aromatic ring is 1. The fourth-order valence-corrected chi connectivity index (χ4v) is 3.78. The Bertz CT molecular complexity index is 1190. The lowest BCUT2D eigenvalue weighted by molar-refractivity contribution is 0.393. The normalized spacial score (nSPS) is 13.9. The minimum absolute atomic E-state index is 0.0666. The second kappa shape index (κ2) is 6.05. The van der Waals surface area contributed by atoms with E-state index in [0.29, 0.717) is 11.5 Å². The number of amidine groups is 1. The van der Waals surface area contributed by atoms with Crippen LogP contribution < -0.4 is 5.73 Å². The molecule has 5 rings (SSSR count). The van der Waals surface area contributed by atoms with E-state index in [-0.39, 0.29) is 5.84 Å². The average Bonchev–Trinajstić information content (AvgIpc) is 3.36. The highest BCUT2D eigenvalue weighted by Gasteiger charge is 2.27. The molecule has 2 aromatic heterocycles. The molecule has 0 radical (unpaired) electrons. The number of nitrogens with one attached hydrogen (secondary N) is 2. The lowest BCUT2D eigenvalue weighted by Crippen LogP contribution is -2.10. The van der Waals surface area contributed by atoms with E-state index in [4.69, 9.17) is 20.7 Å². The molecule has 1 aliphatic rings. The van der Waals surface area contributed by atoms with Gasteiger partial charge in [-0.3, -0.25) is 5.41 Å². The highest BCUT2D eigenvalue weighted by atomic mass is 16.5. The van der Waals surface area contributed by atoms with E-state index in [0.717, 1.165) is 50.6 Å². The molecular formula is C22H21N5O. The molecule has 4 N–H and O–H groups in total. The molecule has 140 valence electrons. The van der Waals surface area contributed by atoms with Crippen molar-refractivity contribution in [2.24, 2.45) is 5.73 Å². The standard InChI is InChI=1S/C22H21N5O/c1-11-19(12(2)28-27-11)16-9-17(13-3-5-14(6-4-13)21(23)24)20-18(10-16)25-22(26-20)15-7-8-15/h3-6,9-10,15H,7-8H2,1-2H3,(H3,23,24)(H,25,26).